The number of aromatic nitrogens is 4. The van der Waals surface area contributed by atoms with Gasteiger partial charge in [0.2, 0.25) is 0 Å². The fourth-order valence-corrected chi connectivity index (χ4v) is 1.66. The number of rotatable bonds is 3. The number of carbonyl (C=O) groups excluding carboxylic acids is 1. The van der Waals surface area contributed by atoms with E-state index in [-0.39, 0.29) is 11.7 Å². The normalized spacial score (nSPS) is 17.6. The highest BCUT2D eigenvalue weighted by Crippen LogP contribution is 2.09. The van der Waals surface area contributed by atoms with E-state index >= 15 is 0 Å². The Morgan fingerprint density at radius 3 is 2.93 bits per heavy atom. The predicted molar refractivity (Wildman–Crippen MR) is 52.1 cm³/mol. The maximum atomic E-state index is 11.4. The van der Waals surface area contributed by atoms with Crippen LogP contribution in [0.15, 0.2) is 0 Å². The van der Waals surface area contributed by atoms with Gasteiger partial charge in [0.25, 0.3) is 11.7 Å². The molecule has 0 atom stereocenters. The Balaban J connectivity index is 1.75. The Kier molecular flexibility index (Phi) is 3.23. The maximum Gasteiger partial charge on any atom is 0.292 e. The fourth-order valence-electron chi connectivity index (χ4n) is 1.66. The molecule has 1 fully saturated rings. The molecule has 2 heterocycles. The van der Waals surface area contributed by atoms with E-state index in [1.165, 1.54) is 0 Å². The van der Waals surface area contributed by atoms with Crippen LogP contribution >= 0.6 is 0 Å². The van der Waals surface area contributed by atoms with Gasteiger partial charge in [-0.15, -0.1) is 10.2 Å². The van der Waals surface area contributed by atoms with Gasteiger partial charge in [-0.3, -0.25) is 4.79 Å². The van der Waals surface area contributed by atoms with Crippen molar-refractivity contribution in [2.75, 3.05) is 19.6 Å². The van der Waals surface area contributed by atoms with Crippen LogP contribution in [0.2, 0.25) is 0 Å². The van der Waals surface area contributed by atoms with Gasteiger partial charge in [-0.25, -0.2) is 0 Å². The lowest BCUT2D eigenvalue weighted by atomic mass is 9.98. The average molecular weight is 210 g/mol. The van der Waals surface area contributed by atoms with Gasteiger partial charge in [-0.2, -0.15) is 5.21 Å². The van der Waals surface area contributed by atoms with Crippen LogP contribution in [0.4, 0.5) is 0 Å². The zero-order valence-corrected chi connectivity index (χ0v) is 8.36. The molecule has 0 aromatic carbocycles. The summed E-state index contributed by atoms with van der Waals surface area (Å²) in [4.78, 5) is 11.4. The van der Waals surface area contributed by atoms with Crippen LogP contribution in [0.1, 0.15) is 23.5 Å². The monoisotopic (exact) mass is 210 g/mol. The summed E-state index contributed by atoms with van der Waals surface area (Å²) in [5.41, 5.74) is 0. The largest absolute Gasteiger partial charge is 0.349 e. The smallest absolute Gasteiger partial charge is 0.292 e. The van der Waals surface area contributed by atoms with E-state index in [9.17, 15) is 4.79 Å². The van der Waals surface area contributed by atoms with E-state index < -0.39 is 0 Å². The van der Waals surface area contributed by atoms with Gasteiger partial charge in [0.05, 0.1) is 0 Å². The van der Waals surface area contributed by atoms with E-state index in [0.717, 1.165) is 25.9 Å². The van der Waals surface area contributed by atoms with Gasteiger partial charge in [-0.1, -0.05) is 0 Å². The zero-order valence-electron chi connectivity index (χ0n) is 8.36. The minimum atomic E-state index is -0.262. The number of tetrazole rings is 1. The van der Waals surface area contributed by atoms with Gasteiger partial charge in [0.1, 0.15) is 0 Å². The quantitative estimate of drug-likeness (QED) is 0.590. The molecule has 1 aromatic heterocycles. The summed E-state index contributed by atoms with van der Waals surface area (Å²) in [6.07, 6.45) is 2.21. The summed E-state index contributed by atoms with van der Waals surface area (Å²) < 4.78 is 0. The molecule has 82 valence electrons. The number of hydrogen-bond acceptors (Lipinski definition) is 5. The van der Waals surface area contributed by atoms with E-state index in [1.54, 1.807) is 0 Å². The second kappa shape index (κ2) is 4.83. The summed E-state index contributed by atoms with van der Waals surface area (Å²) in [6.45, 7) is 2.75. The van der Waals surface area contributed by atoms with Crippen LogP contribution < -0.4 is 10.6 Å². The molecule has 1 aliphatic heterocycles. The number of hydrogen-bond donors (Lipinski definition) is 3. The SMILES string of the molecule is O=C(NCC1CCNCC1)c1nn[nH]n1. The summed E-state index contributed by atoms with van der Waals surface area (Å²) in [6, 6.07) is 0. The molecule has 2 rings (SSSR count). The highest BCUT2D eigenvalue weighted by atomic mass is 16.2. The first kappa shape index (κ1) is 10.0. The zero-order chi connectivity index (χ0) is 10.5. The lowest BCUT2D eigenvalue weighted by Crippen LogP contribution is -2.36. The first-order chi connectivity index (χ1) is 7.36. The van der Waals surface area contributed by atoms with Crippen molar-refractivity contribution in [2.24, 2.45) is 5.92 Å². The van der Waals surface area contributed by atoms with Gasteiger partial charge in [-0.05, 0) is 37.1 Å². The molecule has 1 aromatic rings. The molecular formula is C8H14N6O. The van der Waals surface area contributed by atoms with Gasteiger partial charge >= 0.3 is 0 Å². The third-order valence-electron chi connectivity index (χ3n) is 2.56. The second-order valence-electron chi connectivity index (χ2n) is 3.64. The molecular weight excluding hydrogens is 196 g/mol. The minimum absolute atomic E-state index is 0.101. The topological polar surface area (TPSA) is 95.6 Å². The Morgan fingerprint density at radius 1 is 1.47 bits per heavy atom. The summed E-state index contributed by atoms with van der Waals surface area (Å²) in [7, 11) is 0. The number of nitrogens with zero attached hydrogens (tertiary/aromatic N) is 3. The lowest BCUT2D eigenvalue weighted by Gasteiger charge is -2.22. The molecule has 3 N–H and O–H groups in total. The van der Waals surface area contributed by atoms with Crippen LogP contribution in [-0.2, 0) is 0 Å². The van der Waals surface area contributed by atoms with Crippen molar-refractivity contribution in [3.05, 3.63) is 5.82 Å². The summed E-state index contributed by atoms with van der Waals surface area (Å²) >= 11 is 0. The van der Waals surface area contributed by atoms with Gasteiger partial charge in [0.15, 0.2) is 0 Å². The van der Waals surface area contributed by atoms with E-state index in [0.29, 0.717) is 12.5 Å². The molecule has 1 amide bonds. The van der Waals surface area contributed by atoms with Gasteiger partial charge in [0, 0.05) is 6.54 Å². The van der Waals surface area contributed by atoms with Crippen molar-refractivity contribution in [1.29, 1.82) is 0 Å². The van der Waals surface area contributed by atoms with Crippen molar-refractivity contribution in [1.82, 2.24) is 31.3 Å². The number of H-pyrrole nitrogens is 1. The van der Waals surface area contributed by atoms with Crippen LogP contribution in [0.3, 0.4) is 0 Å². The number of aromatic amines is 1. The van der Waals surface area contributed by atoms with Gasteiger partial charge < -0.3 is 10.6 Å². The standard InChI is InChI=1S/C8H14N6O/c15-8(7-11-13-14-12-7)10-5-6-1-3-9-4-2-6/h6,9H,1-5H2,(H,10,15)(H,11,12,13,14). The molecule has 1 saturated heterocycles. The van der Waals surface area contributed by atoms with Crippen LogP contribution in [0, 0.1) is 5.92 Å². The highest BCUT2D eigenvalue weighted by molar-refractivity contribution is 5.89. The van der Waals surface area contributed by atoms with Crippen molar-refractivity contribution < 1.29 is 4.79 Å². The summed E-state index contributed by atoms with van der Waals surface area (Å²) in [5.74, 6) is 0.397. The molecule has 0 unspecified atom stereocenters. The molecule has 0 spiro atoms. The molecule has 0 radical (unpaired) electrons. The number of amides is 1. The first-order valence-electron chi connectivity index (χ1n) is 5.08. The van der Waals surface area contributed by atoms with Crippen molar-refractivity contribution in [3.8, 4) is 0 Å². The lowest BCUT2D eigenvalue weighted by molar-refractivity contribution is 0.0934. The number of carbonyl (C=O) groups is 1. The van der Waals surface area contributed by atoms with Crippen molar-refractivity contribution in [2.45, 2.75) is 12.8 Å². The molecule has 0 saturated carbocycles. The molecule has 7 heteroatoms. The molecule has 0 aliphatic carbocycles. The number of piperidine rings is 1. The van der Waals surface area contributed by atoms with Crippen LogP contribution in [0.25, 0.3) is 0 Å². The van der Waals surface area contributed by atoms with Crippen LogP contribution in [0.5, 0.6) is 0 Å². The van der Waals surface area contributed by atoms with Crippen molar-refractivity contribution in [3.63, 3.8) is 0 Å². The highest BCUT2D eigenvalue weighted by Gasteiger charge is 2.16. The maximum absolute atomic E-state index is 11.4. The minimum Gasteiger partial charge on any atom is -0.349 e. The Morgan fingerprint density at radius 2 is 2.27 bits per heavy atom. The Hall–Kier alpha value is -1.50. The summed E-state index contributed by atoms with van der Waals surface area (Å²) in [5, 5.41) is 18.9. The second-order valence-corrected chi connectivity index (χ2v) is 3.64. The molecule has 1 aliphatic rings. The van der Waals surface area contributed by atoms with E-state index in [2.05, 4.69) is 31.3 Å². The third kappa shape index (κ3) is 2.72. The fraction of sp³-hybridized carbons (Fsp3) is 0.750. The molecule has 15 heavy (non-hydrogen) atoms. The first-order valence-corrected chi connectivity index (χ1v) is 5.08. The van der Waals surface area contributed by atoms with E-state index in [1.807, 2.05) is 0 Å². The predicted octanol–water partition coefficient (Wildman–Crippen LogP) is -1.07. The number of nitrogens with one attached hydrogen (secondary N) is 3. The van der Waals surface area contributed by atoms with E-state index in [4.69, 9.17) is 0 Å². The molecule has 7 nitrogen and oxygen atoms in total. The Bertz CT molecular complexity index is 305. The van der Waals surface area contributed by atoms with Crippen molar-refractivity contribution >= 4 is 5.91 Å². The Labute approximate surface area is 87.0 Å². The molecule has 0 bridgehead atoms. The third-order valence-corrected chi connectivity index (χ3v) is 2.56. The van der Waals surface area contributed by atoms with Crippen LogP contribution in [-0.4, -0.2) is 46.2 Å². The average Bonchev–Trinajstić information content (AvgIpc) is 2.81.